The van der Waals surface area contributed by atoms with Gasteiger partial charge in [0, 0.05) is 6.42 Å². The molecule has 0 aromatic carbocycles. The lowest BCUT2D eigenvalue weighted by atomic mass is 9.97. The molecule has 0 aliphatic carbocycles. The summed E-state index contributed by atoms with van der Waals surface area (Å²) in [7, 11) is 0. The van der Waals surface area contributed by atoms with E-state index in [1.807, 2.05) is 6.08 Å². The van der Waals surface area contributed by atoms with Crippen LogP contribution in [0.5, 0.6) is 0 Å². The van der Waals surface area contributed by atoms with Gasteiger partial charge in [0.15, 0.2) is 12.6 Å². The standard InChI is InChI=1S/C50H87NO13/c1-3-5-7-9-11-13-15-16-17-18-19-20-21-22-24-26-28-30-32-34-42(55)51-38(39(54)33-31-29-27-25-23-14-12-10-8-6-4-2)37-61-49-47(60)45(58)48(41(36-53)63-49)64-50-46(59)44(57)43(56)40(35-52)62-50/h8,10-11,13,16-17,23,25,31,33,38-41,43-50,52-54,56-60H,3-7,9,12,14-15,18-22,24,26-30,32,34-37H2,1-2H3,(H,51,55)/b10-8+,13-11-,17-16-,25-23+,33-31+. The molecular weight excluding hydrogens is 823 g/mol. The monoisotopic (exact) mass is 910 g/mol. The fraction of sp³-hybridized carbons (Fsp3) is 0.780. The van der Waals surface area contributed by atoms with Gasteiger partial charge >= 0.3 is 0 Å². The Morgan fingerprint density at radius 2 is 1.08 bits per heavy atom. The predicted octanol–water partition coefficient (Wildman–Crippen LogP) is 5.88. The molecule has 9 N–H and O–H groups in total. The smallest absolute Gasteiger partial charge is 0.220 e. The molecule has 0 saturated carbocycles. The number of aliphatic hydroxyl groups is 8. The van der Waals surface area contributed by atoms with Crippen LogP contribution in [-0.4, -0.2) is 140 Å². The Morgan fingerprint density at radius 1 is 0.562 bits per heavy atom. The quantitative estimate of drug-likeness (QED) is 0.0265. The third-order valence-corrected chi connectivity index (χ3v) is 11.6. The summed E-state index contributed by atoms with van der Waals surface area (Å²) in [6, 6.07) is -0.939. The molecule has 2 aliphatic rings. The van der Waals surface area contributed by atoms with E-state index in [2.05, 4.69) is 67.8 Å². The molecule has 12 atom stereocenters. The van der Waals surface area contributed by atoms with Crippen molar-refractivity contribution in [3.05, 3.63) is 60.8 Å². The van der Waals surface area contributed by atoms with Gasteiger partial charge < -0.3 is 65.1 Å². The summed E-state index contributed by atoms with van der Waals surface area (Å²) < 4.78 is 22.6. The minimum Gasteiger partial charge on any atom is -0.394 e. The van der Waals surface area contributed by atoms with Crippen LogP contribution in [0.3, 0.4) is 0 Å². The molecule has 14 nitrogen and oxygen atoms in total. The van der Waals surface area contributed by atoms with E-state index >= 15 is 0 Å². The maximum absolute atomic E-state index is 13.1. The van der Waals surface area contributed by atoms with Crippen LogP contribution < -0.4 is 5.32 Å². The number of hydrogen-bond acceptors (Lipinski definition) is 13. The van der Waals surface area contributed by atoms with Crippen molar-refractivity contribution < 1.29 is 64.6 Å². The largest absolute Gasteiger partial charge is 0.394 e. The highest BCUT2D eigenvalue weighted by Gasteiger charge is 2.51. The molecule has 64 heavy (non-hydrogen) atoms. The summed E-state index contributed by atoms with van der Waals surface area (Å²) in [4.78, 5) is 13.1. The highest BCUT2D eigenvalue weighted by Crippen LogP contribution is 2.30. The van der Waals surface area contributed by atoms with Crippen LogP contribution in [-0.2, 0) is 23.7 Å². The molecule has 12 unspecified atom stereocenters. The van der Waals surface area contributed by atoms with E-state index in [1.165, 1.54) is 57.8 Å². The van der Waals surface area contributed by atoms with Crippen molar-refractivity contribution in [3.8, 4) is 0 Å². The molecule has 0 radical (unpaired) electrons. The Kier molecular flexibility index (Phi) is 33.2. The van der Waals surface area contributed by atoms with Crippen LogP contribution in [0, 0.1) is 0 Å². The first-order valence-corrected chi connectivity index (χ1v) is 24.5. The molecule has 0 aromatic heterocycles. The van der Waals surface area contributed by atoms with Crippen LogP contribution in [0.15, 0.2) is 60.8 Å². The second kappa shape index (κ2) is 36.8. The number of carbonyl (C=O) groups is 1. The summed E-state index contributed by atoms with van der Waals surface area (Å²) in [6.45, 7) is 2.63. The SMILES string of the molecule is CCC/C=C/CC/C=C/CC/C=C/C(O)C(COC1OC(CO)C(OC2OC(CO)C(O)C(O)C2O)C(O)C1O)NC(=O)CCCCCCCCCCC/C=C\C/C=C\CCCCC. The number of nitrogens with one attached hydrogen (secondary N) is 1. The lowest BCUT2D eigenvalue weighted by Crippen LogP contribution is -2.65. The first kappa shape index (κ1) is 57.8. The third-order valence-electron chi connectivity index (χ3n) is 11.6. The van der Waals surface area contributed by atoms with Gasteiger partial charge in [0.2, 0.25) is 5.91 Å². The van der Waals surface area contributed by atoms with E-state index in [9.17, 15) is 45.6 Å². The van der Waals surface area contributed by atoms with Crippen molar-refractivity contribution in [2.45, 2.75) is 229 Å². The third kappa shape index (κ3) is 23.9. The Labute approximate surface area is 384 Å². The minimum absolute atomic E-state index is 0.262. The van der Waals surface area contributed by atoms with Crippen LogP contribution in [0.1, 0.15) is 155 Å². The topological polar surface area (TPSA) is 228 Å². The lowest BCUT2D eigenvalue weighted by Gasteiger charge is -2.46. The number of aliphatic hydroxyl groups excluding tert-OH is 8. The molecule has 2 saturated heterocycles. The maximum Gasteiger partial charge on any atom is 0.220 e. The van der Waals surface area contributed by atoms with Crippen molar-refractivity contribution in [1.82, 2.24) is 5.32 Å². The first-order chi connectivity index (χ1) is 31.1. The van der Waals surface area contributed by atoms with Gasteiger partial charge in [-0.05, 0) is 70.6 Å². The summed E-state index contributed by atoms with van der Waals surface area (Å²) >= 11 is 0. The summed E-state index contributed by atoms with van der Waals surface area (Å²) in [5.41, 5.74) is 0. The number of unbranched alkanes of at least 4 members (excludes halogenated alkanes) is 15. The van der Waals surface area contributed by atoms with Gasteiger partial charge in [-0.25, -0.2) is 0 Å². The number of carbonyl (C=O) groups excluding carboxylic acids is 1. The fourth-order valence-electron chi connectivity index (χ4n) is 7.59. The van der Waals surface area contributed by atoms with Crippen LogP contribution in [0.25, 0.3) is 0 Å². The van der Waals surface area contributed by atoms with Crippen LogP contribution >= 0.6 is 0 Å². The van der Waals surface area contributed by atoms with E-state index in [0.29, 0.717) is 12.8 Å². The molecule has 2 rings (SSSR count). The second-order valence-electron chi connectivity index (χ2n) is 17.2. The van der Waals surface area contributed by atoms with E-state index < -0.39 is 86.8 Å². The van der Waals surface area contributed by atoms with E-state index in [0.717, 1.165) is 64.2 Å². The number of amides is 1. The Bertz CT molecular complexity index is 1310. The van der Waals surface area contributed by atoms with Crippen molar-refractivity contribution >= 4 is 5.91 Å². The number of ether oxygens (including phenoxy) is 4. The Morgan fingerprint density at radius 3 is 1.67 bits per heavy atom. The van der Waals surface area contributed by atoms with Crippen molar-refractivity contribution in [2.75, 3.05) is 19.8 Å². The number of allylic oxidation sites excluding steroid dienone is 9. The molecule has 0 bridgehead atoms. The fourth-order valence-corrected chi connectivity index (χ4v) is 7.59. The molecular formula is C50H87NO13. The van der Waals surface area contributed by atoms with Gasteiger partial charge in [0.25, 0.3) is 0 Å². The van der Waals surface area contributed by atoms with E-state index in [-0.39, 0.29) is 18.9 Å². The first-order valence-electron chi connectivity index (χ1n) is 24.5. The maximum atomic E-state index is 13.1. The van der Waals surface area contributed by atoms with Gasteiger partial charge in [-0.2, -0.15) is 0 Å². The molecule has 370 valence electrons. The zero-order valence-electron chi connectivity index (χ0n) is 39.0. The van der Waals surface area contributed by atoms with Crippen LogP contribution in [0.2, 0.25) is 0 Å². The highest BCUT2D eigenvalue weighted by molar-refractivity contribution is 5.76. The number of hydrogen-bond donors (Lipinski definition) is 9. The normalized spacial score (nSPS) is 27.8. The van der Waals surface area contributed by atoms with E-state index in [1.54, 1.807) is 6.08 Å². The van der Waals surface area contributed by atoms with Gasteiger partial charge in [-0.3, -0.25) is 4.79 Å². The zero-order valence-corrected chi connectivity index (χ0v) is 39.0. The molecule has 2 fully saturated rings. The molecule has 2 heterocycles. The minimum atomic E-state index is -1.79. The lowest BCUT2D eigenvalue weighted by molar-refractivity contribution is -0.359. The van der Waals surface area contributed by atoms with Crippen molar-refractivity contribution in [1.29, 1.82) is 0 Å². The van der Waals surface area contributed by atoms with Gasteiger partial charge in [-0.1, -0.05) is 139 Å². The molecule has 0 spiro atoms. The van der Waals surface area contributed by atoms with Gasteiger partial charge in [0.1, 0.15) is 48.8 Å². The van der Waals surface area contributed by atoms with E-state index in [4.69, 9.17) is 18.9 Å². The van der Waals surface area contributed by atoms with Crippen LogP contribution in [0.4, 0.5) is 0 Å². The van der Waals surface area contributed by atoms with Crippen molar-refractivity contribution in [3.63, 3.8) is 0 Å². The average molecular weight is 910 g/mol. The highest BCUT2D eigenvalue weighted by atomic mass is 16.7. The Balaban J connectivity index is 1.85. The summed E-state index contributed by atoms with van der Waals surface area (Å²) in [5, 5.41) is 86.5. The molecule has 14 heteroatoms. The molecule has 1 amide bonds. The predicted molar refractivity (Wildman–Crippen MR) is 249 cm³/mol. The number of rotatable bonds is 36. The molecule has 2 aliphatic heterocycles. The van der Waals surface area contributed by atoms with Gasteiger partial charge in [-0.15, -0.1) is 0 Å². The zero-order chi connectivity index (χ0) is 46.8. The second-order valence-corrected chi connectivity index (χ2v) is 17.2. The summed E-state index contributed by atoms with van der Waals surface area (Å²) in [6.07, 6.45) is 27.0. The van der Waals surface area contributed by atoms with Crippen molar-refractivity contribution in [2.24, 2.45) is 0 Å². The van der Waals surface area contributed by atoms with Gasteiger partial charge in [0.05, 0.1) is 32.0 Å². The summed E-state index contributed by atoms with van der Waals surface area (Å²) in [5.74, 6) is -0.264. The molecule has 0 aromatic rings. The Hall–Kier alpha value is -2.31. The average Bonchev–Trinajstić information content (AvgIpc) is 3.29.